The van der Waals surface area contributed by atoms with Crippen LogP contribution in [-0.4, -0.2) is 221 Å². The molecule has 0 bridgehead atoms. The number of nitriles is 2. The van der Waals surface area contributed by atoms with E-state index in [1.165, 1.54) is 110 Å². The number of aromatic nitrogens is 22. The Morgan fingerprint density at radius 3 is 1.14 bits per heavy atom. The molecule has 0 aliphatic carbocycles. The molecule has 4 aromatic carbocycles. The summed E-state index contributed by atoms with van der Waals surface area (Å²) in [6.45, 7) is 21.2. The Hall–Kier alpha value is -16.3. The van der Waals surface area contributed by atoms with Crippen LogP contribution >= 0.6 is 24.1 Å². The van der Waals surface area contributed by atoms with E-state index in [-0.39, 0.29) is 182 Å². The molecule has 14 aromatic rings. The number of benzene rings is 4. The molecule has 0 radical (unpaired) electrons. The van der Waals surface area contributed by atoms with Crippen LogP contribution in [0.25, 0.3) is 56.2 Å². The molecule has 0 aliphatic heterocycles. The van der Waals surface area contributed by atoms with Crippen LogP contribution in [0.5, 0.6) is 12.0 Å². The summed E-state index contributed by atoms with van der Waals surface area (Å²) in [5, 5.41) is 133. The van der Waals surface area contributed by atoms with E-state index < -0.39 is 117 Å². The van der Waals surface area contributed by atoms with Crippen LogP contribution in [0.3, 0.4) is 0 Å². The first-order valence-corrected chi connectivity index (χ1v) is 48.1. The van der Waals surface area contributed by atoms with Gasteiger partial charge in [0.05, 0.1) is 150 Å². The van der Waals surface area contributed by atoms with E-state index in [9.17, 15) is 80.3 Å². The molecule has 62 nitrogen and oxygen atoms in total. The zero-order valence-electron chi connectivity index (χ0n) is 69.5. The first-order valence-electron chi connectivity index (χ1n) is 37.2. The minimum atomic E-state index is -4.89. The van der Waals surface area contributed by atoms with E-state index >= 15 is 0 Å². The van der Waals surface area contributed by atoms with Crippen LogP contribution in [0.1, 0.15) is 46.7 Å². The summed E-state index contributed by atoms with van der Waals surface area (Å²) in [6, 6.07) is 19.2. The fourth-order valence-electron chi connectivity index (χ4n) is 12.1. The normalized spacial score (nSPS) is 12.3. The van der Waals surface area contributed by atoms with E-state index in [1.807, 2.05) is 12.1 Å². The van der Waals surface area contributed by atoms with Crippen molar-refractivity contribution in [3.05, 3.63) is 166 Å². The van der Waals surface area contributed by atoms with Gasteiger partial charge in [-0.15, -0.1) is 49.6 Å². The van der Waals surface area contributed by atoms with Gasteiger partial charge in [-0.2, -0.15) is 134 Å². The van der Waals surface area contributed by atoms with Crippen LogP contribution in [0.4, 0.5) is 80.7 Å². The summed E-state index contributed by atoms with van der Waals surface area (Å²) in [7, 11) is -26.2. The van der Waals surface area contributed by atoms with Gasteiger partial charge in [0.15, 0.2) is 89.0 Å². The summed E-state index contributed by atoms with van der Waals surface area (Å²) in [5.74, 6) is -5.80. The number of hydrogen-bond acceptors (Lipinski definition) is 50. The molecule has 712 valence electrons. The van der Waals surface area contributed by atoms with Crippen molar-refractivity contribution in [3.63, 3.8) is 0 Å². The van der Waals surface area contributed by atoms with Gasteiger partial charge in [0, 0.05) is 4.90 Å². The number of sulfone groups is 2. The Balaban J connectivity index is 0.000000233. The number of rotatable bonds is 34. The molecule has 0 saturated heterocycles. The summed E-state index contributed by atoms with van der Waals surface area (Å²) in [4.78, 5) is 29.7. The maximum Gasteiger partial charge on any atom is 0.320 e. The highest BCUT2D eigenvalue weighted by Gasteiger charge is 2.31. The van der Waals surface area contributed by atoms with Crippen LogP contribution in [0, 0.1) is 63.5 Å². The van der Waals surface area contributed by atoms with Crippen molar-refractivity contribution in [3.8, 4) is 70.7 Å². The average Bonchev–Trinajstić information content (AvgIpc) is 1.59. The third-order valence-electron chi connectivity index (χ3n) is 18.3. The van der Waals surface area contributed by atoms with Gasteiger partial charge in [-0.25, -0.2) is 55.8 Å². The van der Waals surface area contributed by atoms with Gasteiger partial charge in [0.25, 0.3) is 75.6 Å². The quantitative estimate of drug-likeness (QED) is 0.00451. The molecule has 0 amide bonds. The second-order valence-electron chi connectivity index (χ2n) is 27.3. The smallest absolute Gasteiger partial charge is 0.320 e. The lowest BCUT2D eigenvalue weighted by Gasteiger charge is -2.10. The lowest BCUT2D eigenvalue weighted by molar-refractivity contribution is -0.432. The SMILES string of the molecule is [C-]#[N+]c1cnn(-c2cc(SOOO)ccc2S(=O)(=O)O)c1N=Nc1c(C)nn(-c2nc(O)nc(-n3nc(C)c(N=Nc4c(C#N)cnn4-c4cc(S(=O)(=O)O)ccc4SOOO)c3N)n2)c1N.[C-]#[N+]c1cnn(-c2ccc(S(=O)(=O)CCCS(=O)(=O)O)cc2)c1N=Nc1c(C)nn(-c2nc(O)nc(-n3nc(C)c(N=Nc4c(C#N)cnn4-c4ccc(S(=O)(=O)CCCS(=O)(=O)O)cc4)c3N)n2)c1N. The molecule has 0 saturated carbocycles. The van der Waals surface area contributed by atoms with Crippen molar-refractivity contribution < 1.29 is 108 Å². The van der Waals surface area contributed by atoms with Crippen LogP contribution in [0.2, 0.25) is 0 Å². The van der Waals surface area contributed by atoms with Crippen molar-refractivity contribution >= 4 is 165 Å². The molecule has 0 aliphatic rings. The predicted octanol–water partition coefficient (Wildman–Crippen LogP) is 8.16. The van der Waals surface area contributed by atoms with E-state index in [0.29, 0.717) is 24.1 Å². The van der Waals surface area contributed by atoms with E-state index in [0.717, 1.165) is 64.7 Å². The molecular weight excluding hydrogens is 1990 g/mol. The zero-order chi connectivity index (χ0) is 100. The number of azo groups is 4. The van der Waals surface area contributed by atoms with Gasteiger partial charge in [-0.3, -0.25) is 18.2 Å². The minimum Gasteiger partial charge on any atom is -0.479 e. The Morgan fingerprint density at radius 2 is 0.761 bits per heavy atom. The van der Waals surface area contributed by atoms with Gasteiger partial charge in [0.2, 0.25) is 0 Å². The minimum absolute atomic E-state index is 0.0238. The summed E-state index contributed by atoms with van der Waals surface area (Å²) in [5.41, 5.74) is 25.6. The second-order valence-corrected chi connectivity index (χ2v) is 39.0. The second kappa shape index (κ2) is 40.1. The third-order valence-corrected chi connectivity index (χ3v) is 26.6. The Labute approximate surface area is 780 Å². The highest BCUT2D eigenvalue weighted by atomic mass is 32.2. The van der Waals surface area contributed by atoms with E-state index in [4.69, 9.17) is 55.7 Å². The third kappa shape index (κ3) is 21.9. The lowest BCUT2D eigenvalue weighted by Crippen LogP contribution is -2.13. The molecule has 0 spiro atoms. The van der Waals surface area contributed by atoms with Crippen molar-refractivity contribution in [2.75, 3.05) is 45.9 Å². The molecule has 0 fully saturated rings. The number of anilines is 4. The number of nitrogens with zero attached hydrogens (tertiary/aromatic N) is 34. The van der Waals surface area contributed by atoms with Crippen LogP contribution < -0.4 is 22.9 Å². The monoisotopic (exact) mass is 2050 g/mol. The standard InChI is InChI=1S/C37H35N19O11S4.C31H23N19O13S4/c1-21-29(47-49-33-23(18-38)19-42-53(33)24-6-10-26(11-7-24)68(58,59)14-4-16-70(62,63)64)31(39)55(51-21)35-44-36(46-37(57)45-35)56-32(40)30(22(2)52-56)48-50-34-28(41-3)20-43-54(34)25-8-12-27(13-9-25)69(60,61)15-5-17-71(65,66)67;1-13-23(41-43-27-15(10-32)11-36-47(27)19-9-17(66(54,55)56)5-6-21(19)65-63-61-53)25(33)49(45-13)29-38-30(40-31(51)39-29)50-26(34)24(14(2)46-50)42-44-28-18(35-3)12-37-48(28)20-8-16(64-62-60-52)4-7-22(20)67(57,58)59/h6-13,19-20H,4-5,14-17,39-40H2,1-2H3,(H,62,63,64)(H,65,66,67)(H,44,45,46,57);4-9,11-12,52-53H,33-34H2,1-2H3,(H,54,55,56)(H,57,58,59)(H,38,39,40,51). The van der Waals surface area contributed by atoms with Crippen LogP contribution in [-0.2, 0) is 78.9 Å². The molecule has 16 N–H and O–H groups in total. The Kier molecular flexibility index (Phi) is 28.8. The number of hydrogen-bond donors (Lipinski definition) is 12. The highest BCUT2D eigenvalue weighted by Crippen LogP contribution is 2.42. The number of nitrogen functional groups attached to an aromatic ring is 4. The van der Waals surface area contributed by atoms with Gasteiger partial charge in [-0.1, -0.05) is 10.1 Å². The van der Waals surface area contributed by atoms with Gasteiger partial charge in [0.1, 0.15) is 28.2 Å². The molecule has 10 heterocycles. The topological polar surface area (TPSA) is 883 Å². The first kappa shape index (κ1) is 99.2. The first-order chi connectivity index (χ1) is 65.3. The highest BCUT2D eigenvalue weighted by molar-refractivity contribution is 7.95. The molecule has 0 unspecified atom stereocenters. The maximum absolute atomic E-state index is 12.8. The fourth-order valence-corrected chi connectivity index (χ4v) is 18.1. The van der Waals surface area contributed by atoms with E-state index in [1.54, 1.807) is 0 Å². The number of aromatic hydroxyl groups is 2. The Bertz CT molecular complexity index is 8000. The van der Waals surface area contributed by atoms with Crippen LogP contribution in [0.15, 0.2) is 180 Å². The number of aryl methyl sites for hydroxylation is 4. The zero-order valence-corrected chi connectivity index (χ0v) is 76.1. The molecule has 138 heavy (non-hydrogen) atoms. The average molecular weight is 2050 g/mol. The van der Waals surface area contributed by atoms with Crippen molar-refractivity contribution in [1.82, 2.24) is 108 Å². The largest absolute Gasteiger partial charge is 0.479 e. The summed E-state index contributed by atoms with van der Waals surface area (Å²) >= 11 is 0.864. The molecule has 70 heteroatoms. The molecular formula is C68H58N38O24S8. The van der Waals surface area contributed by atoms with Gasteiger partial charge < -0.3 is 33.1 Å². The molecule has 0 atom stereocenters. The molecule has 14 rings (SSSR count). The Morgan fingerprint density at radius 1 is 0.413 bits per heavy atom. The fraction of sp³-hybridized carbons (Fsp3) is 0.147. The summed E-state index contributed by atoms with van der Waals surface area (Å²) < 4.78 is 198. The van der Waals surface area contributed by atoms with Crippen molar-refractivity contribution in [1.29, 1.82) is 10.5 Å². The van der Waals surface area contributed by atoms with Crippen molar-refractivity contribution in [2.24, 2.45) is 40.9 Å². The number of nitrogens with two attached hydrogens (primary N) is 4. The van der Waals surface area contributed by atoms with Crippen molar-refractivity contribution in [2.45, 2.75) is 69.9 Å². The van der Waals surface area contributed by atoms with E-state index in [2.05, 4.69) is 140 Å². The summed E-state index contributed by atoms with van der Waals surface area (Å²) in [6.07, 6.45) is 3.86. The predicted molar refractivity (Wildman–Crippen MR) is 468 cm³/mol. The molecule has 10 aromatic heterocycles. The lowest BCUT2D eigenvalue weighted by atomic mass is 10.3. The maximum atomic E-state index is 12.8. The van der Waals surface area contributed by atoms with Gasteiger partial charge in [-0.05, 0) is 125 Å². The van der Waals surface area contributed by atoms with Gasteiger partial charge >= 0.3 is 12.0 Å².